The molecule has 0 radical (unpaired) electrons. The lowest BCUT2D eigenvalue weighted by Gasteiger charge is -2.38. The Morgan fingerprint density at radius 3 is 2.36 bits per heavy atom. The molecular formula is C37H49N3O8S2. The molecule has 3 aromatic rings. The van der Waals surface area contributed by atoms with Gasteiger partial charge < -0.3 is 30.3 Å². The highest BCUT2D eigenvalue weighted by Gasteiger charge is 2.54. The maximum Gasteiger partial charge on any atom is 0.243 e. The molecule has 272 valence electrons. The van der Waals surface area contributed by atoms with Crippen LogP contribution in [-0.2, 0) is 31.1 Å². The molecule has 1 aliphatic carbocycles. The number of hydrogen-bond donors (Lipinski definition) is 4. The summed E-state index contributed by atoms with van der Waals surface area (Å²) in [7, 11) is -7.36. The first-order valence-electron chi connectivity index (χ1n) is 17.5. The molecule has 50 heavy (non-hydrogen) atoms. The van der Waals surface area contributed by atoms with Crippen LogP contribution in [0.4, 0.5) is 0 Å². The van der Waals surface area contributed by atoms with E-state index in [1.807, 2.05) is 18.2 Å². The van der Waals surface area contributed by atoms with Crippen LogP contribution in [0.15, 0.2) is 82.6 Å². The normalized spacial score (nSPS) is 20.9. The predicted molar refractivity (Wildman–Crippen MR) is 191 cm³/mol. The zero-order chi connectivity index (χ0) is 35.4. The summed E-state index contributed by atoms with van der Waals surface area (Å²) in [6, 6.07) is 21.5. The van der Waals surface area contributed by atoms with Gasteiger partial charge in [-0.1, -0.05) is 49.4 Å². The minimum Gasteiger partial charge on any atom is -0.491 e. The van der Waals surface area contributed by atoms with Gasteiger partial charge in [0.15, 0.2) is 9.84 Å². The van der Waals surface area contributed by atoms with Crippen LogP contribution >= 0.6 is 0 Å². The fraction of sp³-hybridized carbons (Fsp3) is 0.514. The average Bonchev–Trinajstić information content (AvgIpc) is 3.86. The van der Waals surface area contributed by atoms with Crippen molar-refractivity contribution in [3.8, 4) is 16.9 Å². The number of benzene rings is 3. The van der Waals surface area contributed by atoms with Crippen LogP contribution in [0.3, 0.4) is 0 Å². The van der Waals surface area contributed by atoms with E-state index in [9.17, 15) is 27.0 Å². The third kappa shape index (κ3) is 8.10. The number of aliphatic hydroxyl groups excluding tert-OH is 2. The largest absolute Gasteiger partial charge is 0.491 e. The lowest BCUT2D eigenvalue weighted by Crippen LogP contribution is -2.47. The molecule has 3 aromatic carbocycles. The smallest absolute Gasteiger partial charge is 0.243 e. The Labute approximate surface area is 296 Å². The molecule has 0 amide bonds. The van der Waals surface area contributed by atoms with E-state index < -0.39 is 42.9 Å². The Hall–Kier alpha value is -2.88. The van der Waals surface area contributed by atoms with Gasteiger partial charge in [-0.3, -0.25) is 0 Å². The first kappa shape index (κ1) is 36.9. The Morgan fingerprint density at radius 1 is 0.940 bits per heavy atom. The highest BCUT2D eigenvalue weighted by Crippen LogP contribution is 2.46. The highest BCUT2D eigenvalue weighted by molar-refractivity contribution is 7.93. The minimum absolute atomic E-state index is 0.0000119. The van der Waals surface area contributed by atoms with Gasteiger partial charge in [-0.05, 0) is 92.1 Å². The summed E-state index contributed by atoms with van der Waals surface area (Å²) in [5, 5.41) is 26.9. The predicted octanol–water partition coefficient (Wildman–Crippen LogP) is 3.49. The first-order valence-corrected chi connectivity index (χ1v) is 20.5. The number of aliphatic hydroxyl groups is 2. The zero-order valence-corrected chi connectivity index (χ0v) is 30.2. The molecule has 0 aromatic heterocycles. The number of hydrogen-bond acceptors (Lipinski definition) is 10. The van der Waals surface area contributed by atoms with Crippen molar-refractivity contribution in [1.82, 2.24) is 14.9 Å². The Bertz CT molecular complexity index is 1820. The molecule has 2 aliphatic heterocycles. The molecule has 11 nitrogen and oxygen atoms in total. The Balaban J connectivity index is 0.965. The first-order chi connectivity index (χ1) is 24.0. The SMILES string of the molecule is CCCNCc1ccc(-c2cccc(S(=O)(=O)N3CCC4(CC3)C[C@H](NCC(O)COc3cccc(S(=O)(=O)C5(CO)CC5)c3)CO4)c2)cc1. The Kier molecular flexibility index (Phi) is 11.4. The highest BCUT2D eigenvalue weighted by atomic mass is 32.2. The van der Waals surface area contributed by atoms with Crippen LogP contribution in [-0.4, -0.2) is 99.8 Å². The third-order valence-electron chi connectivity index (χ3n) is 10.2. The number of piperidine rings is 1. The van der Waals surface area contributed by atoms with Crippen molar-refractivity contribution in [2.75, 3.05) is 46.0 Å². The summed E-state index contributed by atoms with van der Waals surface area (Å²) >= 11 is 0. The van der Waals surface area contributed by atoms with Crippen molar-refractivity contribution in [3.63, 3.8) is 0 Å². The molecule has 1 spiro atoms. The fourth-order valence-electron chi connectivity index (χ4n) is 6.85. The monoisotopic (exact) mass is 727 g/mol. The van der Waals surface area contributed by atoms with Crippen LogP contribution in [0.2, 0.25) is 0 Å². The van der Waals surface area contributed by atoms with Gasteiger partial charge in [0.2, 0.25) is 10.0 Å². The van der Waals surface area contributed by atoms with Gasteiger partial charge in [-0.15, -0.1) is 0 Å². The van der Waals surface area contributed by atoms with Crippen molar-refractivity contribution >= 4 is 19.9 Å². The van der Waals surface area contributed by atoms with Crippen molar-refractivity contribution in [3.05, 3.63) is 78.4 Å². The van der Waals surface area contributed by atoms with Crippen LogP contribution in [0.25, 0.3) is 11.1 Å². The summed E-state index contributed by atoms with van der Waals surface area (Å²) in [4.78, 5) is 0.389. The molecule has 0 bridgehead atoms. The van der Waals surface area contributed by atoms with Gasteiger partial charge >= 0.3 is 0 Å². The molecule has 3 aliphatic rings. The van der Waals surface area contributed by atoms with E-state index in [0.717, 1.165) is 30.6 Å². The maximum absolute atomic E-state index is 13.7. The number of rotatable bonds is 16. The van der Waals surface area contributed by atoms with Crippen molar-refractivity contribution < 1.29 is 36.5 Å². The molecule has 6 rings (SSSR count). The standard InChI is InChI=1S/C37H49N3O8S2/c1-2-17-38-23-28-9-11-29(12-10-28)30-5-3-8-35(20-30)50(45,46)40-18-15-36(16-19-40)22-31(25-48-36)39-24-32(42)26-47-33-6-4-7-34(21-33)49(43,44)37(27-41)13-14-37/h3-12,20-21,31-32,38-39,41-42H,2,13-19,22-27H2,1H3/t31-,32?/m0/s1. The maximum atomic E-state index is 13.7. The topological polar surface area (TPSA) is 154 Å². The van der Waals surface area contributed by atoms with Crippen LogP contribution < -0.4 is 15.4 Å². The molecule has 2 heterocycles. The second kappa shape index (κ2) is 15.4. The summed E-state index contributed by atoms with van der Waals surface area (Å²) in [5.74, 6) is 0.333. The molecular weight excluding hydrogens is 679 g/mol. The second-order valence-electron chi connectivity index (χ2n) is 13.9. The van der Waals surface area contributed by atoms with Crippen LogP contribution in [0.1, 0.15) is 51.0 Å². The van der Waals surface area contributed by atoms with Gasteiger partial charge in [0, 0.05) is 32.2 Å². The molecule has 1 unspecified atom stereocenters. The van der Waals surface area contributed by atoms with Crippen molar-refractivity contribution in [2.24, 2.45) is 0 Å². The van der Waals surface area contributed by atoms with E-state index in [0.29, 0.717) is 57.6 Å². The van der Waals surface area contributed by atoms with Gasteiger partial charge in [0.05, 0.1) is 33.4 Å². The number of sulfonamides is 1. The van der Waals surface area contributed by atoms with E-state index in [1.54, 1.807) is 34.6 Å². The Morgan fingerprint density at radius 2 is 1.66 bits per heavy atom. The summed E-state index contributed by atoms with van der Waals surface area (Å²) < 4.78 is 65.7. The van der Waals surface area contributed by atoms with Gasteiger partial charge in [0.1, 0.15) is 18.5 Å². The van der Waals surface area contributed by atoms with Crippen molar-refractivity contribution in [1.29, 1.82) is 0 Å². The molecule has 13 heteroatoms. The summed E-state index contributed by atoms with van der Waals surface area (Å²) in [6.45, 7) is 4.91. The molecule has 2 saturated heterocycles. The number of ether oxygens (including phenoxy) is 2. The van der Waals surface area contributed by atoms with E-state index >= 15 is 0 Å². The fourth-order valence-corrected chi connectivity index (χ4v) is 10.2. The van der Waals surface area contributed by atoms with E-state index in [1.165, 1.54) is 17.7 Å². The summed E-state index contributed by atoms with van der Waals surface area (Å²) in [6.07, 6.45) is 2.98. The van der Waals surface area contributed by atoms with Gasteiger partial charge in [-0.2, -0.15) is 4.31 Å². The molecule has 1 saturated carbocycles. The van der Waals surface area contributed by atoms with Crippen LogP contribution in [0.5, 0.6) is 5.75 Å². The van der Waals surface area contributed by atoms with Crippen molar-refractivity contribution in [2.45, 2.75) is 84.3 Å². The van der Waals surface area contributed by atoms with E-state index in [-0.39, 0.29) is 29.0 Å². The third-order valence-corrected chi connectivity index (χ3v) is 14.7. The lowest BCUT2D eigenvalue weighted by atomic mass is 9.88. The second-order valence-corrected chi connectivity index (χ2v) is 18.2. The number of nitrogens with zero attached hydrogens (tertiary/aromatic N) is 1. The molecule has 4 N–H and O–H groups in total. The average molecular weight is 728 g/mol. The number of nitrogens with one attached hydrogen (secondary N) is 2. The van der Waals surface area contributed by atoms with Gasteiger partial charge in [0.25, 0.3) is 0 Å². The van der Waals surface area contributed by atoms with E-state index in [2.05, 4.69) is 29.7 Å². The van der Waals surface area contributed by atoms with Gasteiger partial charge in [-0.25, -0.2) is 16.8 Å². The summed E-state index contributed by atoms with van der Waals surface area (Å²) in [5.41, 5.74) is 2.60. The van der Waals surface area contributed by atoms with Crippen LogP contribution in [0, 0.1) is 0 Å². The number of sulfone groups is 1. The lowest BCUT2D eigenvalue weighted by molar-refractivity contribution is -0.0312. The minimum atomic E-state index is -3.68. The molecule has 2 atom stereocenters. The van der Waals surface area contributed by atoms with E-state index in [4.69, 9.17) is 9.47 Å². The molecule has 3 fully saturated rings. The quantitative estimate of drug-likeness (QED) is 0.161. The zero-order valence-electron chi connectivity index (χ0n) is 28.6.